The normalized spacial score (nSPS) is 13.7. The zero-order valence-corrected chi connectivity index (χ0v) is 40.8. The van der Waals surface area contributed by atoms with Gasteiger partial charge in [0, 0.05) is 19.3 Å². The Morgan fingerprint density at radius 1 is 0.541 bits per heavy atom. The predicted octanol–water partition coefficient (Wildman–Crippen LogP) is 13.0. The van der Waals surface area contributed by atoms with E-state index in [1.807, 2.05) is 33.3 Å². The van der Waals surface area contributed by atoms with Crippen LogP contribution < -0.4 is 4.89 Å². The molecule has 61 heavy (non-hydrogen) atoms. The highest BCUT2D eigenvalue weighted by atomic mass is 31.2. The molecular formula is C50H92NO9P. The summed E-state index contributed by atoms with van der Waals surface area (Å²) in [6.45, 7) is 4.03. The minimum atomic E-state index is -4.65. The van der Waals surface area contributed by atoms with Gasteiger partial charge in [-0.1, -0.05) is 166 Å². The maximum absolute atomic E-state index is 12.7. The molecule has 0 aliphatic rings. The second-order valence-electron chi connectivity index (χ2n) is 17.9. The molecule has 0 amide bonds. The first kappa shape index (κ1) is 58.9. The lowest BCUT2D eigenvalue weighted by Gasteiger charge is -2.28. The van der Waals surface area contributed by atoms with E-state index in [4.69, 9.17) is 18.5 Å². The fraction of sp³-hybridized carbons (Fsp3) is 0.820. The number of ketones is 1. The maximum Gasteiger partial charge on any atom is 0.306 e. The van der Waals surface area contributed by atoms with Crippen LogP contribution in [0.2, 0.25) is 0 Å². The number of nitrogens with zero attached hydrogens (tertiary/aromatic N) is 1. The van der Waals surface area contributed by atoms with Crippen LogP contribution in [0, 0.1) is 0 Å². The van der Waals surface area contributed by atoms with Gasteiger partial charge in [0.05, 0.1) is 27.7 Å². The van der Waals surface area contributed by atoms with Crippen LogP contribution in [0.3, 0.4) is 0 Å². The fourth-order valence-electron chi connectivity index (χ4n) is 6.69. The number of carbonyl (C=O) groups excluding carboxylic acids is 3. The third-order valence-corrected chi connectivity index (χ3v) is 11.6. The number of phosphoric acid groups is 1. The van der Waals surface area contributed by atoms with Gasteiger partial charge in [0.2, 0.25) is 0 Å². The zero-order valence-electron chi connectivity index (χ0n) is 39.9. The van der Waals surface area contributed by atoms with Crippen molar-refractivity contribution in [3.8, 4) is 0 Å². The van der Waals surface area contributed by atoms with E-state index in [2.05, 4.69) is 32.1 Å². The molecular weight excluding hydrogens is 790 g/mol. The predicted molar refractivity (Wildman–Crippen MR) is 250 cm³/mol. The summed E-state index contributed by atoms with van der Waals surface area (Å²) in [4.78, 5) is 49.4. The van der Waals surface area contributed by atoms with Crippen molar-refractivity contribution in [2.24, 2.45) is 0 Å². The molecule has 0 spiro atoms. The Balaban J connectivity index is 4.31. The van der Waals surface area contributed by atoms with Gasteiger partial charge in [-0.25, -0.2) is 0 Å². The van der Waals surface area contributed by atoms with E-state index < -0.39 is 32.5 Å². The lowest BCUT2D eigenvalue weighted by Crippen LogP contribution is -2.37. The first-order valence-corrected chi connectivity index (χ1v) is 26.1. The molecule has 0 aliphatic carbocycles. The van der Waals surface area contributed by atoms with Gasteiger partial charge in [0.1, 0.15) is 19.8 Å². The molecule has 10 nitrogen and oxygen atoms in total. The highest BCUT2D eigenvalue weighted by Gasteiger charge is 2.21. The molecule has 0 fully saturated rings. The van der Waals surface area contributed by atoms with Crippen molar-refractivity contribution < 1.29 is 46.8 Å². The smallest absolute Gasteiger partial charge is 0.306 e. The number of likely N-dealkylation sites (N-methyl/N-ethyl adjacent to an activating group) is 1. The molecule has 0 saturated heterocycles. The number of hydrogen-bond donors (Lipinski definition) is 0. The summed E-state index contributed by atoms with van der Waals surface area (Å²) in [5.74, 6) is -0.714. The second kappa shape index (κ2) is 41.9. The minimum Gasteiger partial charge on any atom is -0.756 e. The first-order chi connectivity index (χ1) is 29.4. The van der Waals surface area contributed by atoms with Gasteiger partial charge in [-0.15, -0.1) is 0 Å². The van der Waals surface area contributed by atoms with E-state index >= 15 is 0 Å². The number of hydrogen-bond acceptors (Lipinski definition) is 9. The van der Waals surface area contributed by atoms with Crippen molar-refractivity contribution in [1.82, 2.24) is 0 Å². The molecule has 0 aromatic heterocycles. The molecule has 0 N–H and O–H groups in total. The minimum absolute atomic E-state index is 0.0450. The molecule has 0 aromatic carbocycles. The standard InChI is InChI=1S/C50H92NO9P/c1-6-8-10-11-12-13-14-15-16-17-18-19-20-21-22-23-24-27-31-34-38-42-50(54)60-48(46-59-61(55,56)58-44-43-51(3,4)5)45-57-49(53)41-37-33-30-28-25-26-29-32-36-40-47(52)39-35-9-7-2/h15-16,29,32,36,40,48H,6-14,17-28,30-31,33-35,37-39,41-46H2,1-5H3/b16-15-,32-29-,40-36+/t48-/m1/s1. The summed E-state index contributed by atoms with van der Waals surface area (Å²) in [5, 5.41) is 0. The van der Waals surface area contributed by atoms with Crippen LogP contribution in [0.15, 0.2) is 36.5 Å². The van der Waals surface area contributed by atoms with Crippen molar-refractivity contribution in [2.75, 3.05) is 47.5 Å². The first-order valence-electron chi connectivity index (χ1n) is 24.6. The number of phosphoric ester groups is 1. The van der Waals surface area contributed by atoms with Crippen molar-refractivity contribution in [1.29, 1.82) is 0 Å². The Hall–Kier alpha value is -2.10. The van der Waals surface area contributed by atoms with Crippen molar-refractivity contribution in [2.45, 2.75) is 219 Å². The summed E-state index contributed by atoms with van der Waals surface area (Å²) in [5.41, 5.74) is 0. The third kappa shape index (κ3) is 45.7. The lowest BCUT2D eigenvalue weighted by atomic mass is 10.0. The van der Waals surface area contributed by atoms with E-state index in [1.165, 1.54) is 96.3 Å². The lowest BCUT2D eigenvalue weighted by molar-refractivity contribution is -0.870. The van der Waals surface area contributed by atoms with Gasteiger partial charge >= 0.3 is 11.9 Å². The van der Waals surface area contributed by atoms with Crippen LogP contribution >= 0.6 is 7.82 Å². The van der Waals surface area contributed by atoms with Crippen molar-refractivity contribution in [3.05, 3.63) is 36.5 Å². The average molecular weight is 882 g/mol. The summed E-state index contributed by atoms with van der Waals surface area (Å²) >= 11 is 0. The van der Waals surface area contributed by atoms with Gasteiger partial charge in [0.15, 0.2) is 11.9 Å². The summed E-state index contributed by atoms with van der Waals surface area (Å²) in [6.07, 6.45) is 44.4. The Labute approximate surface area is 374 Å². The van der Waals surface area contributed by atoms with Crippen LogP contribution in [0.5, 0.6) is 0 Å². The molecule has 0 heterocycles. The number of allylic oxidation sites excluding steroid dienone is 6. The van der Waals surface area contributed by atoms with Gasteiger partial charge in [-0.05, 0) is 63.9 Å². The molecule has 0 aromatic rings. The van der Waals surface area contributed by atoms with Gasteiger partial charge < -0.3 is 27.9 Å². The van der Waals surface area contributed by atoms with Gasteiger partial charge in [-0.3, -0.25) is 18.9 Å². The van der Waals surface area contributed by atoms with Crippen LogP contribution in [-0.2, 0) is 37.5 Å². The molecule has 0 rings (SSSR count). The SMILES string of the molecule is CCCCCCCC/C=C\CCCCCCCCCCCCCC(=O)O[C@H](COC(=O)CCCCCCC/C=C\C=C\C(=O)CCCCC)COP(=O)([O-])OCC[N+](C)(C)C. The molecule has 0 saturated carbocycles. The number of rotatable bonds is 45. The van der Waals surface area contributed by atoms with Crippen LogP contribution in [0.4, 0.5) is 0 Å². The fourth-order valence-corrected chi connectivity index (χ4v) is 7.42. The summed E-state index contributed by atoms with van der Waals surface area (Å²) < 4.78 is 33.9. The summed E-state index contributed by atoms with van der Waals surface area (Å²) in [7, 11) is 1.12. The molecule has 0 bridgehead atoms. The van der Waals surface area contributed by atoms with Crippen LogP contribution in [0.25, 0.3) is 0 Å². The molecule has 356 valence electrons. The molecule has 0 aliphatic heterocycles. The largest absolute Gasteiger partial charge is 0.756 e. The number of quaternary nitrogens is 1. The monoisotopic (exact) mass is 882 g/mol. The Morgan fingerprint density at radius 3 is 1.51 bits per heavy atom. The highest BCUT2D eigenvalue weighted by Crippen LogP contribution is 2.38. The topological polar surface area (TPSA) is 128 Å². The Bertz CT molecular complexity index is 1200. The van der Waals surface area contributed by atoms with E-state index in [0.29, 0.717) is 30.3 Å². The number of ether oxygens (including phenoxy) is 2. The van der Waals surface area contributed by atoms with Gasteiger partial charge in [-0.2, -0.15) is 0 Å². The van der Waals surface area contributed by atoms with Crippen LogP contribution in [-0.4, -0.2) is 75.8 Å². The second-order valence-corrected chi connectivity index (χ2v) is 19.3. The third-order valence-electron chi connectivity index (χ3n) is 10.6. The van der Waals surface area contributed by atoms with E-state index in [1.54, 1.807) is 6.08 Å². The number of esters is 2. The summed E-state index contributed by atoms with van der Waals surface area (Å²) in [6, 6.07) is 0. The number of unbranched alkanes of at least 4 members (excludes halogenated alkanes) is 24. The average Bonchev–Trinajstić information content (AvgIpc) is 3.21. The Morgan fingerprint density at radius 2 is 0.984 bits per heavy atom. The highest BCUT2D eigenvalue weighted by molar-refractivity contribution is 7.45. The zero-order chi connectivity index (χ0) is 45.1. The number of carbonyl (C=O) groups is 3. The molecule has 2 atom stereocenters. The molecule has 0 radical (unpaired) electrons. The van der Waals surface area contributed by atoms with Gasteiger partial charge in [0.25, 0.3) is 7.82 Å². The van der Waals surface area contributed by atoms with E-state index in [9.17, 15) is 23.8 Å². The maximum atomic E-state index is 12.7. The quantitative estimate of drug-likeness (QED) is 0.0112. The molecule has 1 unspecified atom stereocenters. The Kier molecular flexibility index (Phi) is 40.4. The molecule has 11 heteroatoms. The van der Waals surface area contributed by atoms with Crippen molar-refractivity contribution in [3.63, 3.8) is 0 Å². The van der Waals surface area contributed by atoms with Crippen molar-refractivity contribution >= 4 is 25.5 Å². The van der Waals surface area contributed by atoms with E-state index in [-0.39, 0.29) is 31.8 Å². The van der Waals surface area contributed by atoms with Crippen LogP contribution in [0.1, 0.15) is 213 Å². The van der Waals surface area contributed by atoms with E-state index in [0.717, 1.165) is 70.6 Å².